The number of aryl methyl sites for hydroxylation is 1. The minimum absolute atomic E-state index is 0.130. The molecule has 2 aromatic carbocycles. The molecular formula is C29H25ClN6O3. The number of pyridine rings is 1. The van der Waals surface area contributed by atoms with Crippen LogP contribution in [0.3, 0.4) is 0 Å². The fraction of sp³-hybridized carbons (Fsp3) is 0.138. The summed E-state index contributed by atoms with van der Waals surface area (Å²) in [7, 11) is 0. The topological polar surface area (TPSA) is 122 Å². The second-order valence-corrected chi connectivity index (χ2v) is 9.44. The molecule has 10 heteroatoms. The summed E-state index contributed by atoms with van der Waals surface area (Å²) in [5, 5.41) is 9.46. The van der Waals surface area contributed by atoms with E-state index in [-0.39, 0.29) is 17.6 Å². The van der Waals surface area contributed by atoms with Gasteiger partial charge < -0.3 is 15.1 Å². The SMILES string of the molecule is CC(=O)c1ccnc(NC(=O)C2=C(C)NC(Nc3ncc(-c4ccccc4)o3)=NC2c2ccc(C)cc2Cl)c1. The minimum atomic E-state index is -0.749. The van der Waals surface area contributed by atoms with Gasteiger partial charge in [0.1, 0.15) is 11.9 Å². The van der Waals surface area contributed by atoms with Gasteiger partial charge in [0, 0.05) is 33.6 Å². The highest BCUT2D eigenvalue weighted by Gasteiger charge is 2.31. The molecule has 3 heterocycles. The molecule has 4 aromatic rings. The molecule has 196 valence electrons. The molecule has 1 aliphatic rings. The second-order valence-electron chi connectivity index (χ2n) is 9.03. The van der Waals surface area contributed by atoms with Gasteiger partial charge in [0.05, 0.1) is 11.8 Å². The highest BCUT2D eigenvalue weighted by atomic mass is 35.5. The monoisotopic (exact) mass is 540 g/mol. The number of oxazole rings is 1. The second kappa shape index (κ2) is 10.9. The van der Waals surface area contributed by atoms with E-state index >= 15 is 0 Å². The summed E-state index contributed by atoms with van der Waals surface area (Å²) in [6.07, 6.45) is 3.10. The third kappa shape index (κ3) is 5.73. The van der Waals surface area contributed by atoms with E-state index in [1.54, 1.807) is 19.2 Å². The van der Waals surface area contributed by atoms with Gasteiger partial charge in [-0.3, -0.25) is 14.9 Å². The Kier molecular flexibility index (Phi) is 7.25. The van der Waals surface area contributed by atoms with Crippen molar-refractivity contribution < 1.29 is 14.0 Å². The van der Waals surface area contributed by atoms with Crippen molar-refractivity contribution in [1.82, 2.24) is 15.3 Å². The van der Waals surface area contributed by atoms with Crippen LogP contribution in [-0.2, 0) is 4.79 Å². The highest BCUT2D eigenvalue weighted by Crippen LogP contribution is 2.36. The van der Waals surface area contributed by atoms with Gasteiger partial charge >= 0.3 is 6.01 Å². The van der Waals surface area contributed by atoms with Crippen LogP contribution in [0.5, 0.6) is 0 Å². The molecule has 1 unspecified atom stereocenters. The van der Waals surface area contributed by atoms with Crippen molar-refractivity contribution >= 4 is 41.1 Å². The number of Topliss-reactive ketones (excluding diaryl/α,β-unsaturated/α-hetero) is 1. The molecule has 0 aliphatic carbocycles. The number of halogens is 1. The van der Waals surface area contributed by atoms with E-state index in [1.807, 2.05) is 55.5 Å². The van der Waals surface area contributed by atoms with E-state index in [9.17, 15) is 9.59 Å². The number of aromatic nitrogens is 2. The summed E-state index contributed by atoms with van der Waals surface area (Å²) in [6.45, 7) is 5.16. The lowest BCUT2D eigenvalue weighted by Gasteiger charge is -2.27. The number of benzene rings is 2. The lowest BCUT2D eigenvalue weighted by Crippen LogP contribution is -2.37. The number of hydrogen-bond donors (Lipinski definition) is 3. The number of aliphatic imine (C=N–C) groups is 1. The summed E-state index contributed by atoms with van der Waals surface area (Å²) in [5.74, 6) is 0.626. The van der Waals surface area contributed by atoms with Gasteiger partial charge in [0.15, 0.2) is 11.5 Å². The minimum Gasteiger partial charge on any atom is -0.423 e. The molecule has 5 rings (SSSR count). The van der Waals surface area contributed by atoms with E-state index in [1.165, 1.54) is 19.2 Å². The number of amides is 1. The van der Waals surface area contributed by atoms with E-state index in [0.29, 0.717) is 39.1 Å². The largest absolute Gasteiger partial charge is 0.423 e. The molecule has 0 fully saturated rings. The Bertz CT molecular complexity index is 1630. The van der Waals surface area contributed by atoms with Gasteiger partial charge in [-0.05, 0) is 44.5 Å². The van der Waals surface area contributed by atoms with Gasteiger partial charge in [0.25, 0.3) is 5.91 Å². The fourth-order valence-electron chi connectivity index (χ4n) is 4.18. The Balaban J connectivity index is 1.46. The number of hydrogen-bond acceptors (Lipinski definition) is 8. The third-order valence-corrected chi connectivity index (χ3v) is 6.46. The van der Waals surface area contributed by atoms with Crippen LogP contribution < -0.4 is 16.0 Å². The summed E-state index contributed by atoms with van der Waals surface area (Å²) in [6, 6.07) is 17.8. The summed E-state index contributed by atoms with van der Waals surface area (Å²) in [5.41, 5.74) is 3.85. The molecule has 0 radical (unpaired) electrons. The average Bonchev–Trinajstić information content (AvgIpc) is 3.37. The van der Waals surface area contributed by atoms with E-state index in [4.69, 9.17) is 21.0 Å². The molecule has 0 saturated heterocycles. The van der Waals surface area contributed by atoms with Gasteiger partial charge in [0.2, 0.25) is 5.96 Å². The van der Waals surface area contributed by atoms with Gasteiger partial charge in [-0.2, -0.15) is 0 Å². The molecular weight excluding hydrogens is 516 g/mol. The first-order valence-electron chi connectivity index (χ1n) is 12.2. The number of nitrogens with one attached hydrogen (secondary N) is 3. The van der Waals surface area contributed by atoms with Crippen LogP contribution in [0.15, 0.2) is 93.7 Å². The molecule has 0 saturated carbocycles. The number of carbonyl (C=O) groups excluding carboxylic acids is 2. The zero-order valence-corrected chi connectivity index (χ0v) is 22.2. The number of anilines is 2. The number of ketones is 1. The molecule has 1 atom stereocenters. The maximum Gasteiger partial charge on any atom is 0.302 e. The zero-order valence-electron chi connectivity index (χ0n) is 21.4. The fourth-order valence-corrected chi connectivity index (χ4v) is 4.52. The van der Waals surface area contributed by atoms with Crippen molar-refractivity contribution in [1.29, 1.82) is 0 Å². The predicted octanol–water partition coefficient (Wildman–Crippen LogP) is 5.93. The van der Waals surface area contributed by atoms with Gasteiger partial charge in [-0.1, -0.05) is 54.1 Å². The van der Waals surface area contributed by atoms with Crippen LogP contribution in [-0.4, -0.2) is 27.6 Å². The lowest BCUT2D eigenvalue weighted by atomic mass is 9.95. The highest BCUT2D eigenvalue weighted by molar-refractivity contribution is 6.31. The van der Waals surface area contributed by atoms with Crippen molar-refractivity contribution in [3.05, 3.63) is 106 Å². The summed E-state index contributed by atoms with van der Waals surface area (Å²) < 4.78 is 5.87. The Hall–Kier alpha value is -4.76. The summed E-state index contributed by atoms with van der Waals surface area (Å²) >= 11 is 6.63. The normalized spacial score (nSPS) is 14.9. The number of nitrogens with zero attached hydrogens (tertiary/aromatic N) is 3. The van der Waals surface area contributed by atoms with Crippen molar-refractivity contribution in [2.75, 3.05) is 10.6 Å². The van der Waals surface area contributed by atoms with Crippen LogP contribution in [0.25, 0.3) is 11.3 Å². The first kappa shape index (κ1) is 25.9. The molecule has 1 aliphatic heterocycles. The molecule has 39 heavy (non-hydrogen) atoms. The molecule has 0 bridgehead atoms. The number of allylic oxidation sites excluding steroid dienone is 1. The van der Waals surface area contributed by atoms with Crippen LogP contribution in [0.4, 0.5) is 11.8 Å². The average molecular weight is 541 g/mol. The molecule has 9 nitrogen and oxygen atoms in total. The van der Waals surface area contributed by atoms with E-state index in [0.717, 1.165) is 11.1 Å². The van der Waals surface area contributed by atoms with Crippen LogP contribution in [0.1, 0.15) is 41.4 Å². The number of rotatable bonds is 6. The molecule has 3 N–H and O–H groups in total. The van der Waals surface area contributed by atoms with E-state index in [2.05, 4.69) is 25.9 Å². The maximum absolute atomic E-state index is 13.5. The standard InChI is InChI=1S/C29H25ClN6O3/c1-16-9-10-21(22(30)13-16)26-25(27(38)34-24-14-20(18(3)37)11-12-31-24)17(2)33-28(35-26)36-29-32-15-23(39-29)19-7-5-4-6-8-19/h4-15,26H,1-3H3,(H,31,34,38)(H2,32,33,35,36). The van der Waals surface area contributed by atoms with Crippen molar-refractivity contribution in [2.45, 2.75) is 26.8 Å². The Morgan fingerprint density at radius 2 is 1.82 bits per heavy atom. The predicted molar refractivity (Wildman–Crippen MR) is 151 cm³/mol. The van der Waals surface area contributed by atoms with Crippen LogP contribution in [0.2, 0.25) is 5.02 Å². The summed E-state index contributed by atoms with van der Waals surface area (Å²) in [4.78, 5) is 38.6. The van der Waals surface area contributed by atoms with E-state index < -0.39 is 11.9 Å². The van der Waals surface area contributed by atoms with Gasteiger partial charge in [-0.25, -0.2) is 15.0 Å². The lowest BCUT2D eigenvalue weighted by molar-refractivity contribution is -0.113. The smallest absolute Gasteiger partial charge is 0.302 e. The van der Waals surface area contributed by atoms with Crippen molar-refractivity contribution in [3.63, 3.8) is 0 Å². The Morgan fingerprint density at radius 1 is 1.03 bits per heavy atom. The van der Waals surface area contributed by atoms with Crippen molar-refractivity contribution in [2.24, 2.45) is 4.99 Å². The zero-order chi connectivity index (χ0) is 27.5. The quantitative estimate of drug-likeness (QED) is 0.259. The van der Waals surface area contributed by atoms with Crippen LogP contribution in [0, 0.1) is 6.92 Å². The van der Waals surface area contributed by atoms with Crippen molar-refractivity contribution in [3.8, 4) is 11.3 Å². The number of guanidine groups is 1. The Labute approximate surface area is 230 Å². The first-order valence-corrected chi connectivity index (χ1v) is 12.5. The Morgan fingerprint density at radius 3 is 2.56 bits per heavy atom. The maximum atomic E-state index is 13.5. The molecule has 2 aromatic heterocycles. The van der Waals surface area contributed by atoms with Gasteiger partial charge in [-0.15, -0.1) is 0 Å². The first-order chi connectivity index (χ1) is 18.8. The van der Waals surface area contributed by atoms with Crippen LogP contribution >= 0.6 is 11.6 Å². The number of carbonyl (C=O) groups is 2. The molecule has 1 amide bonds. The molecule has 0 spiro atoms. The third-order valence-electron chi connectivity index (χ3n) is 6.13.